The molecule has 0 aliphatic heterocycles. The molecule has 0 aliphatic carbocycles. The maximum atomic E-state index is 11.6. The van der Waals surface area contributed by atoms with Crippen molar-refractivity contribution in [2.75, 3.05) is 0 Å². The van der Waals surface area contributed by atoms with Crippen LogP contribution < -0.4 is 5.56 Å². The Morgan fingerprint density at radius 2 is 2.13 bits per heavy atom. The number of carbonyl (C=O) groups is 1. The number of para-hydroxylation sites is 1. The van der Waals surface area contributed by atoms with Gasteiger partial charge in [0.1, 0.15) is 11.6 Å². The summed E-state index contributed by atoms with van der Waals surface area (Å²) in [6, 6.07) is 7.06. The molecule has 1 heterocycles. The lowest BCUT2D eigenvalue weighted by molar-refractivity contribution is -0.116. The molecule has 0 amide bonds. The number of Topliss-reactive ketones (excluding diaryl/α,β-unsaturated/α-hetero) is 1. The average Bonchev–Trinajstić information content (AvgIpc) is 2.16. The number of H-pyrrole nitrogens is 1. The molecule has 0 aliphatic rings. The highest BCUT2D eigenvalue weighted by atomic mass is 16.1. The summed E-state index contributed by atoms with van der Waals surface area (Å²) >= 11 is 0. The van der Waals surface area contributed by atoms with Crippen LogP contribution in [-0.2, 0) is 11.2 Å². The van der Waals surface area contributed by atoms with Crippen molar-refractivity contribution in [2.24, 2.45) is 0 Å². The number of hydrogen-bond donors (Lipinski definition) is 1. The van der Waals surface area contributed by atoms with Crippen LogP contribution in [0.1, 0.15) is 12.7 Å². The van der Waals surface area contributed by atoms with Crippen molar-refractivity contribution in [3.63, 3.8) is 0 Å². The molecule has 0 spiro atoms. The number of aromatic amines is 1. The van der Waals surface area contributed by atoms with E-state index < -0.39 is 0 Å². The van der Waals surface area contributed by atoms with E-state index in [4.69, 9.17) is 0 Å². The maximum absolute atomic E-state index is 11.6. The average molecular weight is 202 g/mol. The smallest absolute Gasteiger partial charge is 0.258 e. The molecule has 0 saturated carbocycles. The molecular formula is C11H10N2O2. The largest absolute Gasteiger partial charge is 0.310 e. The van der Waals surface area contributed by atoms with Crippen molar-refractivity contribution < 1.29 is 4.79 Å². The number of ketones is 1. The van der Waals surface area contributed by atoms with Gasteiger partial charge in [0.25, 0.3) is 5.56 Å². The molecule has 0 radical (unpaired) electrons. The fraction of sp³-hybridized carbons (Fsp3) is 0.182. The number of nitrogens with zero attached hydrogens (tertiary/aromatic N) is 1. The van der Waals surface area contributed by atoms with E-state index in [1.54, 1.807) is 18.2 Å². The summed E-state index contributed by atoms with van der Waals surface area (Å²) in [6.45, 7) is 1.47. The van der Waals surface area contributed by atoms with E-state index in [1.807, 2.05) is 6.07 Å². The highest BCUT2D eigenvalue weighted by Gasteiger charge is 2.04. The lowest BCUT2D eigenvalue weighted by Gasteiger charge is -1.99. The van der Waals surface area contributed by atoms with Gasteiger partial charge in [-0.05, 0) is 19.1 Å². The van der Waals surface area contributed by atoms with E-state index in [2.05, 4.69) is 9.97 Å². The zero-order chi connectivity index (χ0) is 10.8. The molecule has 0 atom stereocenters. The molecule has 2 aromatic rings. The van der Waals surface area contributed by atoms with Gasteiger partial charge in [-0.3, -0.25) is 9.59 Å². The molecular weight excluding hydrogens is 192 g/mol. The van der Waals surface area contributed by atoms with E-state index in [9.17, 15) is 9.59 Å². The van der Waals surface area contributed by atoms with E-state index in [-0.39, 0.29) is 17.8 Å². The van der Waals surface area contributed by atoms with Gasteiger partial charge in [-0.15, -0.1) is 0 Å². The van der Waals surface area contributed by atoms with Crippen LogP contribution in [0, 0.1) is 0 Å². The van der Waals surface area contributed by atoms with Gasteiger partial charge in [0, 0.05) is 0 Å². The predicted molar refractivity (Wildman–Crippen MR) is 56.7 cm³/mol. The van der Waals surface area contributed by atoms with E-state index in [1.165, 1.54) is 6.92 Å². The van der Waals surface area contributed by atoms with Crippen LogP contribution in [0.5, 0.6) is 0 Å². The molecule has 2 rings (SSSR count). The number of benzene rings is 1. The predicted octanol–water partition coefficient (Wildman–Crippen LogP) is 1.05. The Morgan fingerprint density at radius 3 is 2.87 bits per heavy atom. The Labute approximate surface area is 86.0 Å². The lowest BCUT2D eigenvalue weighted by atomic mass is 10.2. The molecule has 15 heavy (non-hydrogen) atoms. The number of nitrogens with one attached hydrogen (secondary N) is 1. The zero-order valence-electron chi connectivity index (χ0n) is 8.28. The summed E-state index contributed by atoms with van der Waals surface area (Å²) in [5.41, 5.74) is 0.425. The van der Waals surface area contributed by atoms with Crippen molar-refractivity contribution in [3.8, 4) is 0 Å². The Bertz CT molecular complexity index is 572. The van der Waals surface area contributed by atoms with E-state index in [0.717, 1.165) is 0 Å². The Hall–Kier alpha value is -1.97. The van der Waals surface area contributed by atoms with Gasteiger partial charge in [-0.1, -0.05) is 12.1 Å². The van der Waals surface area contributed by atoms with Crippen LogP contribution in [0.3, 0.4) is 0 Å². The highest BCUT2D eigenvalue weighted by Crippen LogP contribution is 2.05. The standard InChI is InChI=1S/C11H10N2O2/c1-7(14)6-10-12-9-5-3-2-4-8(9)11(15)13-10/h2-5H,6H2,1H3,(H,12,13,15). The molecule has 0 saturated heterocycles. The molecule has 0 fully saturated rings. The Balaban J connectivity index is 2.62. The van der Waals surface area contributed by atoms with Crippen molar-refractivity contribution in [1.82, 2.24) is 9.97 Å². The van der Waals surface area contributed by atoms with Crippen molar-refractivity contribution >= 4 is 16.7 Å². The molecule has 1 N–H and O–H groups in total. The first-order valence-corrected chi connectivity index (χ1v) is 4.64. The summed E-state index contributed by atoms with van der Waals surface area (Å²) < 4.78 is 0. The summed E-state index contributed by atoms with van der Waals surface area (Å²) in [5, 5.41) is 0.546. The number of carbonyl (C=O) groups excluding carboxylic acids is 1. The summed E-state index contributed by atoms with van der Waals surface area (Å²) in [6.07, 6.45) is 0.167. The SMILES string of the molecule is CC(=O)Cc1nc2ccccc2c(=O)[nH]1. The molecule has 4 heteroatoms. The quantitative estimate of drug-likeness (QED) is 0.791. The van der Waals surface area contributed by atoms with Crippen LogP contribution >= 0.6 is 0 Å². The third kappa shape index (κ3) is 1.93. The first kappa shape index (κ1) is 9.58. The minimum Gasteiger partial charge on any atom is -0.310 e. The second kappa shape index (κ2) is 3.65. The molecule has 0 bridgehead atoms. The second-order valence-electron chi connectivity index (χ2n) is 3.41. The number of fused-ring (bicyclic) bond motifs is 1. The Morgan fingerprint density at radius 1 is 1.40 bits per heavy atom. The second-order valence-corrected chi connectivity index (χ2v) is 3.41. The van der Waals surface area contributed by atoms with Gasteiger partial charge in [-0.25, -0.2) is 4.98 Å². The number of rotatable bonds is 2. The fourth-order valence-corrected chi connectivity index (χ4v) is 1.45. The molecule has 1 aromatic carbocycles. The van der Waals surface area contributed by atoms with Crippen LogP contribution in [-0.4, -0.2) is 15.8 Å². The fourth-order valence-electron chi connectivity index (χ4n) is 1.45. The van der Waals surface area contributed by atoms with Gasteiger partial charge < -0.3 is 4.98 Å². The first-order chi connectivity index (χ1) is 7.16. The molecule has 1 aromatic heterocycles. The van der Waals surface area contributed by atoms with Crippen LogP contribution in [0.25, 0.3) is 10.9 Å². The minimum absolute atomic E-state index is 0.0200. The minimum atomic E-state index is -0.197. The summed E-state index contributed by atoms with van der Waals surface area (Å²) in [5.74, 6) is 0.402. The maximum Gasteiger partial charge on any atom is 0.258 e. The third-order valence-electron chi connectivity index (χ3n) is 2.08. The molecule has 0 unspecified atom stereocenters. The van der Waals surface area contributed by atoms with Crippen LogP contribution in [0.4, 0.5) is 0 Å². The van der Waals surface area contributed by atoms with E-state index in [0.29, 0.717) is 16.7 Å². The van der Waals surface area contributed by atoms with E-state index >= 15 is 0 Å². The Kier molecular flexibility index (Phi) is 2.33. The van der Waals surface area contributed by atoms with Gasteiger partial charge in [0.15, 0.2) is 0 Å². The topological polar surface area (TPSA) is 62.8 Å². The lowest BCUT2D eigenvalue weighted by Crippen LogP contribution is -2.13. The zero-order valence-corrected chi connectivity index (χ0v) is 8.28. The van der Waals surface area contributed by atoms with Crippen molar-refractivity contribution in [3.05, 3.63) is 40.4 Å². The molecule has 76 valence electrons. The van der Waals surface area contributed by atoms with Crippen LogP contribution in [0.2, 0.25) is 0 Å². The number of hydrogen-bond acceptors (Lipinski definition) is 3. The van der Waals surface area contributed by atoms with Crippen molar-refractivity contribution in [2.45, 2.75) is 13.3 Å². The normalized spacial score (nSPS) is 10.5. The first-order valence-electron chi connectivity index (χ1n) is 4.64. The molecule has 4 nitrogen and oxygen atoms in total. The van der Waals surface area contributed by atoms with Gasteiger partial charge >= 0.3 is 0 Å². The third-order valence-corrected chi connectivity index (χ3v) is 2.08. The van der Waals surface area contributed by atoms with Crippen LogP contribution in [0.15, 0.2) is 29.1 Å². The number of aromatic nitrogens is 2. The highest BCUT2D eigenvalue weighted by molar-refractivity contribution is 5.80. The summed E-state index contributed by atoms with van der Waals surface area (Å²) in [7, 11) is 0. The van der Waals surface area contributed by atoms with Crippen molar-refractivity contribution in [1.29, 1.82) is 0 Å². The summed E-state index contributed by atoms with van der Waals surface area (Å²) in [4.78, 5) is 29.3. The van der Waals surface area contributed by atoms with Gasteiger partial charge in [0.2, 0.25) is 0 Å². The van der Waals surface area contributed by atoms with Gasteiger partial charge in [-0.2, -0.15) is 0 Å². The monoisotopic (exact) mass is 202 g/mol. The van der Waals surface area contributed by atoms with Gasteiger partial charge in [0.05, 0.1) is 17.3 Å².